The summed E-state index contributed by atoms with van der Waals surface area (Å²) in [5.41, 5.74) is 1.67. The lowest BCUT2D eigenvalue weighted by molar-refractivity contribution is 0.0653. The molecule has 0 fully saturated rings. The van der Waals surface area contributed by atoms with E-state index in [1.165, 1.54) is 16.2 Å². The normalized spacial score (nSPS) is 13.1. The molecule has 1 aromatic carbocycles. The summed E-state index contributed by atoms with van der Waals surface area (Å²) >= 11 is 4.65. The third-order valence-electron chi connectivity index (χ3n) is 3.62. The Morgan fingerprint density at radius 2 is 2.04 bits per heavy atom. The molecule has 0 aliphatic carbocycles. The number of imide groups is 1. The van der Waals surface area contributed by atoms with Gasteiger partial charge in [-0.15, -0.1) is 11.3 Å². The molecule has 0 bridgehead atoms. The summed E-state index contributed by atoms with van der Waals surface area (Å²) in [6.07, 6.45) is 0.469. The highest BCUT2D eigenvalue weighted by Gasteiger charge is 2.34. The second-order valence-electron chi connectivity index (χ2n) is 5.48. The van der Waals surface area contributed by atoms with Crippen molar-refractivity contribution in [1.82, 2.24) is 15.2 Å². The monoisotopic (exact) mass is 422 g/mol. The van der Waals surface area contributed by atoms with E-state index in [-0.39, 0.29) is 24.4 Å². The van der Waals surface area contributed by atoms with Crippen LogP contribution in [0, 0.1) is 6.92 Å². The maximum atomic E-state index is 12.3. The first-order chi connectivity index (χ1) is 12.0. The molecule has 0 saturated heterocycles. The topological polar surface area (TPSA) is 91.4 Å². The van der Waals surface area contributed by atoms with Crippen LogP contribution in [0.5, 0.6) is 0 Å². The molecule has 1 aromatic heterocycles. The van der Waals surface area contributed by atoms with Crippen molar-refractivity contribution in [2.24, 2.45) is 0 Å². The van der Waals surface area contributed by atoms with E-state index in [0.717, 1.165) is 10.2 Å². The first kappa shape index (κ1) is 17.6. The lowest BCUT2D eigenvalue weighted by Gasteiger charge is -2.13. The zero-order chi connectivity index (χ0) is 18.0. The molecule has 9 heteroatoms. The maximum Gasteiger partial charge on any atom is 0.321 e. The van der Waals surface area contributed by atoms with Crippen molar-refractivity contribution in [3.8, 4) is 0 Å². The summed E-state index contributed by atoms with van der Waals surface area (Å²) in [7, 11) is 0. The van der Waals surface area contributed by atoms with Gasteiger partial charge in [0.1, 0.15) is 0 Å². The van der Waals surface area contributed by atoms with E-state index in [4.69, 9.17) is 0 Å². The summed E-state index contributed by atoms with van der Waals surface area (Å²) in [6.45, 7) is 2.44. The van der Waals surface area contributed by atoms with Crippen molar-refractivity contribution in [3.05, 3.63) is 44.9 Å². The predicted molar refractivity (Wildman–Crippen MR) is 98.0 cm³/mol. The Balaban J connectivity index is 1.47. The lowest BCUT2D eigenvalue weighted by atomic mass is 10.1. The van der Waals surface area contributed by atoms with Crippen LogP contribution in [0.2, 0.25) is 0 Å². The van der Waals surface area contributed by atoms with E-state index < -0.39 is 0 Å². The Morgan fingerprint density at radius 1 is 1.28 bits per heavy atom. The Labute approximate surface area is 156 Å². The summed E-state index contributed by atoms with van der Waals surface area (Å²) in [5.74, 6) is -0.598. The number of nitrogens with one attached hydrogen (secondary N) is 2. The molecule has 0 atom stereocenters. The molecule has 2 aromatic rings. The number of carbonyl (C=O) groups is 3. The fourth-order valence-electron chi connectivity index (χ4n) is 2.46. The van der Waals surface area contributed by atoms with Gasteiger partial charge in [0.25, 0.3) is 11.8 Å². The van der Waals surface area contributed by atoms with E-state index in [0.29, 0.717) is 29.2 Å². The molecule has 7 nitrogen and oxygen atoms in total. The molecule has 130 valence electrons. The smallest absolute Gasteiger partial charge is 0.321 e. The fourth-order valence-corrected chi connectivity index (χ4v) is 3.50. The number of fused-ring (bicyclic) bond motifs is 1. The summed E-state index contributed by atoms with van der Waals surface area (Å²) in [4.78, 5) is 41.7. The highest BCUT2D eigenvalue weighted by atomic mass is 79.9. The number of carbonyl (C=O) groups excluding carboxylic acids is 3. The first-order valence-corrected chi connectivity index (χ1v) is 9.25. The van der Waals surface area contributed by atoms with Gasteiger partial charge in [0.2, 0.25) is 0 Å². The van der Waals surface area contributed by atoms with Gasteiger partial charge in [0.15, 0.2) is 5.13 Å². The molecule has 0 saturated carbocycles. The van der Waals surface area contributed by atoms with Crippen LogP contribution in [0.3, 0.4) is 0 Å². The number of hydrogen-bond donors (Lipinski definition) is 2. The predicted octanol–water partition coefficient (Wildman–Crippen LogP) is 3.02. The zero-order valence-corrected chi connectivity index (χ0v) is 15.7. The number of amides is 4. The van der Waals surface area contributed by atoms with Crippen LogP contribution in [0.1, 0.15) is 32.8 Å². The molecule has 25 heavy (non-hydrogen) atoms. The molecular weight excluding hydrogens is 408 g/mol. The van der Waals surface area contributed by atoms with Gasteiger partial charge < -0.3 is 5.32 Å². The average Bonchev–Trinajstić information content (AvgIpc) is 3.07. The van der Waals surface area contributed by atoms with Crippen LogP contribution in [0.15, 0.2) is 28.1 Å². The Bertz CT molecular complexity index is 852. The maximum absolute atomic E-state index is 12.3. The Hall–Kier alpha value is -2.26. The molecular formula is C16H15BrN4O3S. The highest BCUT2D eigenvalue weighted by molar-refractivity contribution is 9.10. The Kier molecular flexibility index (Phi) is 5.14. The minimum Gasteiger partial charge on any atom is -0.338 e. The minimum atomic E-state index is -0.361. The van der Waals surface area contributed by atoms with Crippen LogP contribution in [0.25, 0.3) is 0 Å². The Morgan fingerprint density at radius 3 is 2.76 bits per heavy atom. The molecule has 0 spiro atoms. The quantitative estimate of drug-likeness (QED) is 0.572. The van der Waals surface area contributed by atoms with Gasteiger partial charge in [-0.1, -0.05) is 15.9 Å². The van der Waals surface area contributed by atoms with Crippen molar-refractivity contribution >= 4 is 50.2 Å². The summed E-state index contributed by atoms with van der Waals surface area (Å²) in [5, 5.41) is 7.69. The van der Waals surface area contributed by atoms with Crippen molar-refractivity contribution in [3.63, 3.8) is 0 Å². The van der Waals surface area contributed by atoms with Gasteiger partial charge in [-0.05, 0) is 31.5 Å². The van der Waals surface area contributed by atoms with Crippen LogP contribution in [0.4, 0.5) is 9.93 Å². The van der Waals surface area contributed by atoms with Gasteiger partial charge in [0.05, 0.1) is 16.8 Å². The molecule has 4 amide bonds. The fraction of sp³-hybridized carbons (Fsp3) is 0.250. The van der Waals surface area contributed by atoms with Gasteiger partial charge in [-0.25, -0.2) is 9.78 Å². The number of aryl methyl sites for hydroxylation is 1. The third kappa shape index (κ3) is 3.88. The van der Waals surface area contributed by atoms with Crippen molar-refractivity contribution in [2.45, 2.75) is 13.3 Å². The van der Waals surface area contributed by atoms with Crippen LogP contribution in [-0.2, 0) is 0 Å². The molecule has 0 unspecified atom stereocenters. The van der Waals surface area contributed by atoms with Crippen molar-refractivity contribution < 1.29 is 14.4 Å². The highest BCUT2D eigenvalue weighted by Crippen LogP contribution is 2.26. The molecule has 0 radical (unpaired) electrons. The van der Waals surface area contributed by atoms with Crippen LogP contribution >= 0.6 is 27.3 Å². The molecule has 2 N–H and O–H groups in total. The number of nitrogens with zero attached hydrogens (tertiary/aromatic N) is 2. The largest absolute Gasteiger partial charge is 0.338 e. The molecule has 1 aliphatic rings. The van der Waals surface area contributed by atoms with Gasteiger partial charge in [-0.3, -0.25) is 19.8 Å². The van der Waals surface area contributed by atoms with Gasteiger partial charge in [-0.2, -0.15) is 0 Å². The van der Waals surface area contributed by atoms with E-state index in [2.05, 4.69) is 31.5 Å². The summed E-state index contributed by atoms with van der Waals surface area (Å²) < 4.78 is 0.755. The number of halogens is 1. The number of benzene rings is 1. The SMILES string of the molecule is Cc1csc(NC(=O)NCCCN2C(=O)c3ccc(Br)cc3C2=O)n1. The number of urea groups is 1. The molecule has 3 rings (SSSR count). The van der Waals surface area contributed by atoms with E-state index in [1.54, 1.807) is 18.2 Å². The number of hydrogen-bond acceptors (Lipinski definition) is 5. The van der Waals surface area contributed by atoms with Crippen molar-refractivity contribution in [1.29, 1.82) is 0 Å². The van der Waals surface area contributed by atoms with E-state index >= 15 is 0 Å². The number of rotatable bonds is 5. The standard InChI is InChI=1S/C16H15BrN4O3S/c1-9-8-25-16(19-9)20-15(24)18-5-2-6-21-13(22)11-4-3-10(17)7-12(11)14(21)23/h3-4,7-8H,2,5-6H2,1H3,(H2,18,19,20,24). The lowest BCUT2D eigenvalue weighted by Crippen LogP contribution is -2.35. The van der Waals surface area contributed by atoms with Crippen LogP contribution < -0.4 is 10.6 Å². The van der Waals surface area contributed by atoms with Crippen LogP contribution in [-0.4, -0.2) is 40.8 Å². The zero-order valence-electron chi connectivity index (χ0n) is 13.3. The van der Waals surface area contributed by atoms with Crippen molar-refractivity contribution in [2.75, 3.05) is 18.4 Å². The second-order valence-corrected chi connectivity index (χ2v) is 7.25. The summed E-state index contributed by atoms with van der Waals surface area (Å²) in [6, 6.07) is 4.67. The number of anilines is 1. The van der Waals surface area contributed by atoms with Gasteiger partial charge >= 0.3 is 6.03 Å². The number of aromatic nitrogens is 1. The third-order valence-corrected chi connectivity index (χ3v) is 4.99. The minimum absolute atomic E-state index is 0.251. The number of thiazole rings is 1. The van der Waals surface area contributed by atoms with E-state index in [9.17, 15) is 14.4 Å². The van der Waals surface area contributed by atoms with Gasteiger partial charge in [0, 0.05) is 22.9 Å². The molecule has 1 aliphatic heterocycles. The first-order valence-electron chi connectivity index (χ1n) is 7.58. The second kappa shape index (κ2) is 7.32. The average molecular weight is 423 g/mol. The van der Waals surface area contributed by atoms with E-state index in [1.807, 2.05) is 12.3 Å². The molecule has 2 heterocycles.